The molecule has 1 N–H and O–H groups in total. The molecule has 0 amide bonds. The first-order valence-electron chi connectivity index (χ1n) is 3.15. The summed E-state index contributed by atoms with van der Waals surface area (Å²) in [5.41, 5.74) is 0.768. The third-order valence-electron chi connectivity index (χ3n) is 1.44. The molecule has 6 heteroatoms. The van der Waals surface area contributed by atoms with Crippen LogP contribution in [0.2, 0.25) is 5.02 Å². The van der Waals surface area contributed by atoms with Gasteiger partial charge in [0.25, 0.3) is 10.1 Å². The summed E-state index contributed by atoms with van der Waals surface area (Å²) < 4.78 is 29.8. The van der Waals surface area contributed by atoms with Crippen LogP contribution >= 0.6 is 11.6 Å². The number of hydrogen-bond donors (Lipinski definition) is 1. The summed E-state index contributed by atoms with van der Waals surface area (Å²) in [5, 5.41) is 0.324. The Labute approximate surface area is 106 Å². The zero-order valence-corrected chi connectivity index (χ0v) is 10.9. The fraction of sp³-hybridized carbons (Fsp3) is 0.143. The van der Waals surface area contributed by atoms with Gasteiger partial charge in [0, 0.05) is 5.02 Å². The Bertz CT molecular complexity index is 407. The van der Waals surface area contributed by atoms with Gasteiger partial charge in [0.15, 0.2) is 0 Å². The second kappa shape index (κ2) is 4.77. The Kier molecular flexibility index (Phi) is 4.93. The van der Waals surface area contributed by atoms with Crippen LogP contribution < -0.4 is 29.6 Å². The Morgan fingerprint density at radius 1 is 1.46 bits per heavy atom. The van der Waals surface area contributed by atoms with Crippen LogP contribution in [0, 0.1) is 6.92 Å². The average Bonchev–Trinajstić information content (AvgIpc) is 1.92. The third-order valence-corrected chi connectivity index (χ3v) is 2.70. The first-order valence-corrected chi connectivity index (χ1v) is 4.97. The molecular formula is C7H8ClNaO3S. The van der Waals surface area contributed by atoms with Gasteiger partial charge in [0.2, 0.25) is 0 Å². The molecule has 0 aliphatic heterocycles. The summed E-state index contributed by atoms with van der Waals surface area (Å²) in [6.45, 7) is 1.75. The van der Waals surface area contributed by atoms with Crippen molar-refractivity contribution in [2.24, 2.45) is 0 Å². The van der Waals surface area contributed by atoms with E-state index in [-0.39, 0.29) is 35.9 Å². The van der Waals surface area contributed by atoms with E-state index in [9.17, 15) is 8.42 Å². The number of aryl methyl sites for hydroxylation is 1. The first-order chi connectivity index (χ1) is 5.41. The van der Waals surface area contributed by atoms with Crippen molar-refractivity contribution >= 4 is 21.7 Å². The molecule has 68 valence electrons. The van der Waals surface area contributed by atoms with Crippen molar-refractivity contribution in [3.8, 4) is 0 Å². The monoisotopic (exact) mass is 230 g/mol. The molecule has 0 aliphatic carbocycles. The summed E-state index contributed by atoms with van der Waals surface area (Å²) in [5.74, 6) is 0. The van der Waals surface area contributed by atoms with Crippen molar-refractivity contribution in [1.29, 1.82) is 0 Å². The number of halogens is 1. The molecule has 1 aromatic carbocycles. The fourth-order valence-corrected chi connectivity index (χ4v) is 1.49. The number of benzene rings is 1. The molecule has 0 bridgehead atoms. The topological polar surface area (TPSA) is 54.4 Å². The van der Waals surface area contributed by atoms with Crippen LogP contribution in [0.25, 0.3) is 0 Å². The minimum Gasteiger partial charge on any atom is -1.00 e. The SMILES string of the molecule is Cc1ccc(S(=O)(=O)O)cc1Cl.[H-].[Na+]. The quantitative estimate of drug-likeness (QED) is 0.498. The van der Waals surface area contributed by atoms with Gasteiger partial charge in [0.05, 0.1) is 4.90 Å². The van der Waals surface area contributed by atoms with E-state index in [1.54, 1.807) is 6.92 Å². The van der Waals surface area contributed by atoms with Crippen LogP contribution in [0.1, 0.15) is 6.99 Å². The van der Waals surface area contributed by atoms with Gasteiger partial charge in [0.1, 0.15) is 0 Å². The van der Waals surface area contributed by atoms with Gasteiger partial charge in [-0.25, -0.2) is 0 Å². The predicted molar refractivity (Wildman–Crippen MR) is 47.1 cm³/mol. The molecule has 1 rings (SSSR count). The Morgan fingerprint density at radius 3 is 2.38 bits per heavy atom. The average molecular weight is 231 g/mol. The summed E-state index contributed by atoms with van der Waals surface area (Å²) in [7, 11) is -4.13. The maximum Gasteiger partial charge on any atom is 1.00 e. The van der Waals surface area contributed by atoms with Gasteiger partial charge in [-0.3, -0.25) is 4.55 Å². The molecule has 0 heterocycles. The van der Waals surface area contributed by atoms with Crippen molar-refractivity contribution in [2.45, 2.75) is 11.8 Å². The predicted octanol–water partition coefficient (Wildman–Crippen LogP) is -0.988. The van der Waals surface area contributed by atoms with Crippen LogP contribution in [-0.2, 0) is 10.1 Å². The molecule has 0 unspecified atom stereocenters. The van der Waals surface area contributed by atoms with Crippen LogP contribution in [0.15, 0.2) is 23.1 Å². The molecule has 0 spiro atoms. The van der Waals surface area contributed by atoms with Crippen molar-refractivity contribution < 1.29 is 44.0 Å². The standard InChI is InChI=1S/C7H7ClO3S.Na.H/c1-5-2-3-6(4-7(5)8)12(9,10)11;;/h2-4H,1H3,(H,9,10,11);;/q;+1;-1. The molecule has 3 nitrogen and oxygen atoms in total. The first kappa shape index (κ1) is 13.4. The van der Waals surface area contributed by atoms with E-state index in [2.05, 4.69) is 0 Å². The molecule has 0 aromatic heterocycles. The molecule has 0 fully saturated rings. The fourth-order valence-electron chi connectivity index (χ4n) is 0.734. The molecule has 1 aromatic rings. The Morgan fingerprint density at radius 2 is 2.00 bits per heavy atom. The van der Waals surface area contributed by atoms with E-state index in [4.69, 9.17) is 16.2 Å². The van der Waals surface area contributed by atoms with Gasteiger partial charge < -0.3 is 1.43 Å². The van der Waals surface area contributed by atoms with E-state index < -0.39 is 10.1 Å². The van der Waals surface area contributed by atoms with Crippen molar-refractivity contribution in [3.05, 3.63) is 28.8 Å². The molecule has 0 aliphatic rings. The van der Waals surface area contributed by atoms with Gasteiger partial charge in [-0.2, -0.15) is 8.42 Å². The van der Waals surface area contributed by atoms with Gasteiger partial charge in [-0.15, -0.1) is 0 Å². The van der Waals surface area contributed by atoms with Crippen LogP contribution in [0.5, 0.6) is 0 Å². The van der Waals surface area contributed by atoms with E-state index >= 15 is 0 Å². The third kappa shape index (κ3) is 3.58. The maximum absolute atomic E-state index is 10.6. The Hall–Kier alpha value is 0.420. The van der Waals surface area contributed by atoms with Crippen LogP contribution in [-0.4, -0.2) is 13.0 Å². The second-order valence-electron chi connectivity index (χ2n) is 2.39. The molecule has 0 radical (unpaired) electrons. The van der Waals surface area contributed by atoms with Crippen molar-refractivity contribution in [3.63, 3.8) is 0 Å². The van der Waals surface area contributed by atoms with Gasteiger partial charge >= 0.3 is 29.6 Å². The van der Waals surface area contributed by atoms with E-state index in [1.807, 2.05) is 0 Å². The molecule has 0 saturated heterocycles. The maximum atomic E-state index is 10.6. The van der Waals surface area contributed by atoms with Gasteiger partial charge in [-0.05, 0) is 24.6 Å². The zero-order chi connectivity index (χ0) is 9.35. The van der Waals surface area contributed by atoms with Crippen LogP contribution in [0.4, 0.5) is 0 Å². The van der Waals surface area contributed by atoms with E-state index in [0.29, 0.717) is 5.02 Å². The minimum atomic E-state index is -4.13. The van der Waals surface area contributed by atoms with E-state index in [0.717, 1.165) is 5.56 Å². The second-order valence-corrected chi connectivity index (χ2v) is 4.21. The van der Waals surface area contributed by atoms with Gasteiger partial charge in [-0.1, -0.05) is 17.7 Å². The smallest absolute Gasteiger partial charge is 1.00 e. The Balaban J connectivity index is 0. The normalized spacial score (nSPS) is 10.7. The number of hydrogen-bond acceptors (Lipinski definition) is 2. The van der Waals surface area contributed by atoms with Crippen molar-refractivity contribution in [1.82, 2.24) is 0 Å². The minimum absolute atomic E-state index is 0. The van der Waals surface area contributed by atoms with Crippen LogP contribution in [0.3, 0.4) is 0 Å². The van der Waals surface area contributed by atoms with E-state index in [1.165, 1.54) is 18.2 Å². The summed E-state index contributed by atoms with van der Waals surface area (Å²) in [4.78, 5) is -0.182. The summed E-state index contributed by atoms with van der Waals surface area (Å²) >= 11 is 5.64. The number of rotatable bonds is 1. The molecular weight excluding hydrogens is 223 g/mol. The molecule has 0 atom stereocenters. The summed E-state index contributed by atoms with van der Waals surface area (Å²) in [6, 6.07) is 4.05. The largest absolute Gasteiger partial charge is 1.00 e. The molecule has 13 heavy (non-hydrogen) atoms. The van der Waals surface area contributed by atoms with Crippen molar-refractivity contribution in [2.75, 3.05) is 0 Å². The molecule has 0 saturated carbocycles. The summed E-state index contributed by atoms with van der Waals surface area (Å²) in [6.07, 6.45) is 0. The zero-order valence-electron chi connectivity index (χ0n) is 8.28.